The van der Waals surface area contributed by atoms with E-state index in [9.17, 15) is 4.39 Å². The number of rotatable bonds is 11. The molecule has 1 nitrogen and oxygen atoms in total. The third-order valence-electron chi connectivity index (χ3n) is 3.99. The number of nitrogens with two attached hydrogens (primary N) is 1. The summed E-state index contributed by atoms with van der Waals surface area (Å²) in [4.78, 5) is 0. The van der Waals surface area contributed by atoms with Crippen LogP contribution < -0.4 is 5.73 Å². The van der Waals surface area contributed by atoms with E-state index < -0.39 is 0 Å². The standard InChI is InChI=1S/C18H29BrFN/c1-2-3-4-5-6-7-8-9-10-11-18(21)15-12-13-17(20)16(19)14-15/h12-14,18H,2-11,21H2,1H3. The molecule has 0 bridgehead atoms. The Balaban J connectivity index is 2.08. The van der Waals surface area contributed by atoms with Crippen molar-refractivity contribution < 1.29 is 4.39 Å². The SMILES string of the molecule is CCCCCCCCCCCC(N)c1ccc(F)c(Br)c1. The Hall–Kier alpha value is -0.410. The Labute approximate surface area is 137 Å². The summed E-state index contributed by atoms with van der Waals surface area (Å²) in [6.07, 6.45) is 12.9. The monoisotopic (exact) mass is 357 g/mol. The molecule has 1 rings (SSSR count). The van der Waals surface area contributed by atoms with Gasteiger partial charge in [-0.15, -0.1) is 0 Å². The highest BCUT2D eigenvalue weighted by molar-refractivity contribution is 9.10. The van der Waals surface area contributed by atoms with Crippen LogP contribution in [0.4, 0.5) is 4.39 Å². The normalized spacial score (nSPS) is 12.6. The highest BCUT2D eigenvalue weighted by Gasteiger charge is 2.08. The average molecular weight is 358 g/mol. The van der Waals surface area contributed by atoms with Crippen molar-refractivity contribution in [3.63, 3.8) is 0 Å². The molecule has 120 valence electrons. The lowest BCUT2D eigenvalue weighted by Gasteiger charge is -2.12. The van der Waals surface area contributed by atoms with Gasteiger partial charge in [0.25, 0.3) is 0 Å². The predicted octanol–water partition coefficient (Wildman–Crippen LogP) is 6.51. The van der Waals surface area contributed by atoms with Crippen molar-refractivity contribution in [1.82, 2.24) is 0 Å². The highest BCUT2D eigenvalue weighted by Crippen LogP contribution is 2.23. The molecule has 0 fully saturated rings. The second kappa shape index (κ2) is 11.2. The van der Waals surface area contributed by atoms with Crippen molar-refractivity contribution in [2.45, 2.75) is 77.2 Å². The Morgan fingerprint density at radius 3 is 2.14 bits per heavy atom. The van der Waals surface area contributed by atoms with Gasteiger partial charge in [-0.25, -0.2) is 4.39 Å². The maximum atomic E-state index is 13.2. The van der Waals surface area contributed by atoms with Crippen LogP contribution in [0, 0.1) is 5.82 Å². The molecule has 2 N–H and O–H groups in total. The van der Waals surface area contributed by atoms with Gasteiger partial charge >= 0.3 is 0 Å². The van der Waals surface area contributed by atoms with E-state index in [0.29, 0.717) is 4.47 Å². The second-order valence-electron chi connectivity index (χ2n) is 5.90. The van der Waals surface area contributed by atoms with Crippen molar-refractivity contribution >= 4 is 15.9 Å². The molecule has 0 aromatic heterocycles. The molecule has 0 aliphatic heterocycles. The molecule has 3 heteroatoms. The fourth-order valence-electron chi connectivity index (χ4n) is 2.58. The maximum Gasteiger partial charge on any atom is 0.137 e. The van der Waals surface area contributed by atoms with Gasteiger partial charge in [-0.05, 0) is 40.0 Å². The number of hydrogen-bond acceptors (Lipinski definition) is 1. The minimum Gasteiger partial charge on any atom is -0.324 e. The molecule has 0 aliphatic carbocycles. The first-order chi connectivity index (χ1) is 10.1. The Morgan fingerprint density at radius 2 is 1.57 bits per heavy atom. The summed E-state index contributed by atoms with van der Waals surface area (Å²) >= 11 is 3.21. The van der Waals surface area contributed by atoms with E-state index >= 15 is 0 Å². The molecule has 1 unspecified atom stereocenters. The van der Waals surface area contributed by atoms with Crippen molar-refractivity contribution in [2.24, 2.45) is 5.73 Å². The molecule has 21 heavy (non-hydrogen) atoms. The average Bonchev–Trinajstić information content (AvgIpc) is 2.48. The van der Waals surface area contributed by atoms with E-state index in [1.165, 1.54) is 57.4 Å². The van der Waals surface area contributed by atoms with E-state index in [1.54, 1.807) is 12.1 Å². The molecule has 0 saturated carbocycles. The molecule has 0 spiro atoms. The topological polar surface area (TPSA) is 26.0 Å². The lowest BCUT2D eigenvalue weighted by molar-refractivity contribution is 0.531. The fourth-order valence-corrected chi connectivity index (χ4v) is 2.98. The van der Waals surface area contributed by atoms with Crippen LogP contribution in [0.1, 0.15) is 82.7 Å². The van der Waals surface area contributed by atoms with Crippen LogP contribution in [-0.2, 0) is 0 Å². The van der Waals surface area contributed by atoms with Crippen LogP contribution in [0.15, 0.2) is 22.7 Å². The van der Waals surface area contributed by atoms with Crippen molar-refractivity contribution in [1.29, 1.82) is 0 Å². The maximum absolute atomic E-state index is 13.2. The van der Waals surface area contributed by atoms with Gasteiger partial charge in [0.05, 0.1) is 4.47 Å². The summed E-state index contributed by atoms with van der Waals surface area (Å²) in [6, 6.07) is 5.09. The first-order valence-electron chi connectivity index (χ1n) is 8.35. The molecule has 0 radical (unpaired) electrons. The van der Waals surface area contributed by atoms with Crippen LogP contribution in [0.3, 0.4) is 0 Å². The molecular formula is C18H29BrFN. The number of benzene rings is 1. The lowest BCUT2D eigenvalue weighted by atomic mass is 10.00. The van der Waals surface area contributed by atoms with E-state index in [2.05, 4.69) is 22.9 Å². The van der Waals surface area contributed by atoms with E-state index in [-0.39, 0.29) is 11.9 Å². The fraction of sp³-hybridized carbons (Fsp3) is 0.667. The minimum atomic E-state index is -0.228. The Morgan fingerprint density at radius 1 is 1.00 bits per heavy atom. The van der Waals surface area contributed by atoms with E-state index in [0.717, 1.165) is 18.4 Å². The highest BCUT2D eigenvalue weighted by atomic mass is 79.9. The number of halogens is 2. The Bertz CT molecular complexity index is 395. The zero-order chi connectivity index (χ0) is 15.5. The molecular weight excluding hydrogens is 329 g/mol. The molecule has 0 aliphatic rings. The van der Waals surface area contributed by atoms with Gasteiger partial charge < -0.3 is 5.73 Å². The molecule has 0 saturated heterocycles. The van der Waals surface area contributed by atoms with Gasteiger partial charge in [-0.3, -0.25) is 0 Å². The van der Waals surface area contributed by atoms with Crippen LogP contribution in [0.2, 0.25) is 0 Å². The van der Waals surface area contributed by atoms with Crippen LogP contribution in [-0.4, -0.2) is 0 Å². The zero-order valence-corrected chi connectivity index (χ0v) is 14.8. The molecule has 1 aromatic rings. The van der Waals surface area contributed by atoms with Crippen LogP contribution >= 0.6 is 15.9 Å². The smallest absolute Gasteiger partial charge is 0.137 e. The summed E-state index contributed by atoms with van der Waals surface area (Å²) in [5.74, 6) is -0.228. The number of hydrogen-bond donors (Lipinski definition) is 1. The third kappa shape index (κ3) is 7.96. The Kier molecular flexibility index (Phi) is 9.94. The van der Waals surface area contributed by atoms with Crippen LogP contribution in [0.25, 0.3) is 0 Å². The van der Waals surface area contributed by atoms with Gasteiger partial charge in [0.2, 0.25) is 0 Å². The molecule has 0 heterocycles. The second-order valence-corrected chi connectivity index (χ2v) is 6.75. The van der Waals surface area contributed by atoms with Crippen LogP contribution in [0.5, 0.6) is 0 Å². The van der Waals surface area contributed by atoms with E-state index in [1.807, 2.05) is 0 Å². The summed E-state index contributed by atoms with van der Waals surface area (Å²) < 4.78 is 13.7. The molecule has 1 aromatic carbocycles. The summed E-state index contributed by atoms with van der Waals surface area (Å²) in [7, 11) is 0. The van der Waals surface area contributed by atoms with Gasteiger partial charge in [0.1, 0.15) is 5.82 Å². The predicted molar refractivity (Wildman–Crippen MR) is 92.9 cm³/mol. The number of unbranched alkanes of at least 4 members (excludes halogenated alkanes) is 8. The summed E-state index contributed by atoms with van der Waals surface area (Å²) in [6.45, 7) is 2.25. The summed E-state index contributed by atoms with van der Waals surface area (Å²) in [5.41, 5.74) is 7.18. The zero-order valence-electron chi connectivity index (χ0n) is 13.2. The molecule has 0 amide bonds. The minimum absolute atomic E-state index is 0.0199. The van der Waals surface area contributed by atoms with E-state index in [4.69, 9.17) is 5.73 Å². The van der Waals surface area contributed by atoms with Crippen molar-refractivity contribution in [3.05, 3.63) is 34.1 Å². The first kappa shape index (κ1) is 18.6. The van der Waals surface area contributed by atoms with Gasteiger partial charge in [-0.2, -0.15) is 0 Å². The van der Waals surface area contributed by atoms with Gasteiger partial charge in [0.15, 0.2) is 0 Å². The quantitative estimate of drug-likeness (QED) is 0.448. The molecule has 1 atom stereocenters. The van der Waals surface area contributed by atoms with Gasteiger partial charge in [0, 0.05) is 6.04 Å². The van der Waals surface area contributed by atoms with Crippen molar-refractivity contribution in [3.8, 4) is 0 Å². The third-order valence-corrected chi connectivity index (χ3v) is 4.60. The summed E-state index contributed by atoms with van der Waals surface area (Å²) in [5, 5.41) is 0. The lowest BCUT2D eigenvalue weighted by Crippen LogP contribution is -2.10. The van der Waals surface area contributed by atoms with Gasteiger partial charge in [-0.1, -0.05) is 70.8 Å². The first-order valence-corrected chi connectivity index (χ1v) is 9.15. The van der Waals surface area contributed by atoms with Crippen molar-refractivity contribution in [2.75, 3.05) is 0 Å². The largest absolute Gasteiger partial charge is 0.324 e.